The number of aromatic nitrogens is 3. The van der Waals surface area contributed by atoms with Gasteiger partial charge in [-0.3, -0.25) is 14.4 Å². The van der Waals surface area contributed by atoms with Gasteiger partial charge in [0.25, 0.3) is 5.91 Å². The second-order valence-electron chi connectivity index (χ2n) is 12.9. The van der Waals surface area contributed by atoms with Crippen molar-refractivity contribution in [1.29, 1.82) is 5.26 Å². The monoisotopic (exact) mass is 769 g/mol. The molecule has 276 valence electrons. The first kappa shape index (κ1) is 38.6. The number of nitrogens with zero attached hydrogens (tertiary/aromatic N) is 4. The Kier molecular flexibility index (Phi) is 11.6. The Hall–Kier alpha value is -5.66. The summed E-state index contributed by atoms with van der Waals surface area (Å²) < 4.78 is 43.6. The van der Waals surface area contributed by atoms with E-state index in [1.54, 1.807) is 38.1 Å². The van der Waals surface area contributed by atoms with E-state index >= 15 is 0 Å². The first-order chi connectivity index (χ1) is 25.0. The van der Waals surface area contributed by atoms with Crippen LogP contribution < -0.4 is 31.3 Å². The van der Waals surface area contributed by atoms with Crippen molar-refractivity contribution in [2.24, 2.45) is 5.41 Å². The van der Waals surface area contributed by atoms with Crippen LogP contribution in [0.3, 0.4) is 0 Å². The number of anilines is 4. The number of ether oxygens (including phenoxy) is 1. The predicted octanol–water partition coefficient (Wildman–Crippen LogP) is 6.35. The van der Waals surface area contributed by atoms with Crippen LogP contribution in [0.5, 0.6) is 6.01 Å². The van der Waals surface area contributed by atoms with Crippen LogP contribution in [0.1, 0.15) is 48.2 Å². The lowest BCUT2D eigenvalue weighted by Gasteiger charge is -2.25. The molecule has 1 aliphatic rings. The number of carbonyl (C=O) groups is 3. The van der Waals surface area contributed by atoms with Gasteiger partial charge in [-0.1, -0.05) is 49.2 Å². The molecule has 1 heterocycles. The summed E-state index contributed by atoms with van der Waals surface area (Å²) >= 11 is 11.9. The number of hydrogen-bond donors (Lipinski definition) is 5. The van der Waals surface area contributed by atoms with Crippen LogP contribution in [-0.4, -0.2) is 58.5 Å². The van der Waals surface area contributed by atoms with Gasteiger partial charge in [0.2, 0.25) is 11.9 Å². The molecule has 0 saturated heterocycles. The summed E-state index contributed by atoms with van der Waals surface area (Å²) in [5, 5.41) is 23.9. The van der Waals surface area contributed by atoms with Gasteiger partial charge >= 0.3 is 24.0 Å². The minimum Gasteiger partial charge on any atom is -0.454 e. The molecule has 18 heteroatoms. The molecule has 4 aromatic rings. The molecular weight excluding hydrogens is 738 g/mol. The molecule has 5 rings (SSSR count). The Morgan fingerprint density at radius 3 is 2.15 bits per heavy atom. The molecule has 0 unspecified atom stereocenters. The third-order valence-electron chi connectivity index (χ3n) is 7.89. The molecule has 3 amide bonds. The van der Waals surface area contributed by atoms with Crippen LogP contribution in [0.4, 0.5) is 36.4 Å². The van der Waals surface area contributed by atoms with E-state index in [0.29, 0.717) is 15.7 Å². The third kappa shape index (κ3) is 10.9. The van der Waals surface area contributed by atoms with E-state index < -0.39 is 47.5 Å². The normalized spacial score (nSPS) is 13.2. The van der Waals surface area contributed by atoms with Gasteiger partial charge in [-0.25, -0.2) is 0 Å². The van der Waals surface area contributed by atoms with Gasteiger partial charge < -0.3 is 31.3 Å². The van der Waals surface area contributed by atoms with E-state index in [2.05, 4.69) is 41.5 Å². The van der Waals surface area contributed by atoms with Gasteiger partial charge in [0.1, 0.15) is 6.07 Å². The lowest BCUT2D eigenvalue weighted by Crippen LogP contribution is -2.45. The molecule has 1 saturated carbocycles. The van der Waals surface area contributed by atoms with Gasteiger partial charge in [-0.05, 0) is 78.4 Å². The zero-order chi connectivity index (χ0) is 38.4. The average molecular weight is 771 g/mol. The number of amides is 3. The second kappa shape index (κ2) is 15.9. The number of rotatable bonds is 13. The molecular formula is C35H32Cl2F3N9O4. The van der Waals surface area contributed by atoms with Crippen LogP contribution in [-0.2, 0) is 15.1 Å². The molecule has 53 heavy (non-hydrogen) atoms. The number of hydrogen-bond acceptors (Lipinski definition) is 10. The summed E-state index contributed by atoms with van der Waals surface area (Å²) in [4.78, 5) is 50.1. The zero-order valence-electron chi connectivity index (χ0n) is 28.2. The summed E-state index contributed by atoms with van der Waals surface area (Å²) in [7, 11) is 0. The largest absolute Gasteiger partial charge is 0.454 e. The van der Waals surface area contributed by atoms with Crippen LogP contribution in [0.25, 0.3) is 0 Å². The van der Waals surface area contributed by atoms with Gasteiger partial charge in [0.05, 0.1) is 16.8 Å². The van der Waals surface area contributed by atoms with Gasteiger partial charge in [-0.2, -0.15) is 33.4 Å². The Morgan fingerprint density at radius 1 is 0.868 bits per heavy atom. The van der Waals surface area contributed by atoms with Crippen LogP contribution in [0.15, 0.2) is 66.7 Å². The number of halogens is 5. The first-order valence-corrected chi connectivity index (χ1v) is 16.7. The zero-order valence-corrected chi connectivity index (χ0v) is 29.7. The number of nitriles is 1. The van der Waals surface area contributed by atoms with Crippen molar-refractivity contribution < 1.29 is 32.3 Å². The maximum atomic E-state index is 12.9. The molecule has 13 nitrogen and oxygen atoms in total. The van der Waals surface area contributed by atoms with Crippen molar-refractivity contribution in [2.45, 2.75) is 38.4 Å². The molecule has 0 spiro atoms. The summed E-state index contributed by atoms with van der Waals surface area (Å²) in [6.07, 6.45) is -3.16. The molecule has 1 fully saturated rings. The maximum Gasteiger partial charge on any atom is 0.422 e. The fourth-order valence-corrected chi connectivity index (χ4v) is 5.19. The molecule has 3 aromatic carbocycles. The molecule has 0 radical (unpaired) electrons. The van der Waals surface area contributed by atoms with Crippen LogP contribution >= 0.6 is 23.2 Å². The molecule has 0 aliphatic heterocycles. The van der Waals surface area contributed by atoms with E-state index in [1.165, 1.54) is 30.3 Å². The lowest BCUT2D eigenvalue weighted by atomic mass is 9.93. The Balaban J connectivity index is 1.17. The summed E-state index contributed by atoms with van der Waals surface area (Å²) in [5.74, 6) is -2.43. The summed E-state index contributed by atoms with van der Waals surface area (Å²) in [5.41, 5.74) is 0.641. The highest BCUT2D eigenvalue weighted by molar-refractivity contribution is 6.39. The van der Waals surface area contributed by atoms with Crippen molar-refractivity contribution >= 4 is 64.2 Å². The fourth-order valence-electron chi connectivity index (χ4n) is 4.89. The molecule has 1 aromatic heterocycles. The number of alkyl halides is 3. The Labute approximate surface area is 311 Å². The molecule has 0 atom stereocenters. The van der Waals surface area contributed by atoms with E-state index in [4.69, 9.17) is 27.9 Å². The van der Waals surface area contributed by atoms with Crippen molar-refractivity contribution in [2.75, 3.05) is 35.6 Å². The summed E-state index contributed by atoms with van der Waals surface area (Å²) in [6.45, 7) is 2.11. The van der Waals surface area contributed by atoms with E-state index in [1.807, 2.05) is 18.2 Å². The predicted molar refractivity (Wildman–Crippen MR) is 191 cm³/mol. The maximum absolute atomic E-state index is 12.9. The van der Waals surface area contributed by atoms with E-state index in [9.17, 15) is 32.8 Å². The molecule has 0 bridgehead atoms. The highest BCUT2D eigenvalue weighted by Gasteiger charge is 2.45. The van der Waals surface area contributed by atoms with Gasteiger partial charge in [-0.15, -0.1) is 0 Å². The number of benzene rings is 3. The number of carbonyl (C=O) groups excluding carboxylic acids is 3. The SMILES string of the molecule is CC(C)(CNC(=O)C(=O)Nc1ccc(Cl)cc1C#N)CNC(=O)c1ccc(Nc2nc(NC3(c4ccc(Cl)cc4)CC3)nc(OCC(F)(F)F)n2)cc1. The second-order valence-corrected chi connectivity index (χ2v) is 13.7. The van der Waals surface area contributed by atoms with Gasteiger partial charge in [0.15, 0.2) is 6.61 Å². The Bertz CT molecular complexity index is 2040. The third-order valence-corrected chi connectivity index (χ3v) is 8.38. The Morgan fingerprint density at radius 2 is 1.51 bits per heavy atom. The molecule has 5 N–H and O–H groups in total. The lowest BCUT2D eigenvalue weighted by molar-refractivity contribution is -0.154. The average Bonchev–Trinajstić information content (AvgIpc) is 3.89. The smallest absolute Gasteiger partial charge is 0.422 e. The quantitative estimate of drug-likeness (QED) is 0.0962. The standard InChI is InChI=1S/C35H32Cl2F3N9O4/c1-33(2,18-43-28(51)29(52)45-26-12-9-24(37)15-21(26)16-41)17-42-27(50)20-3-10-25(11-4-20)44-30-46-31(48-32(47-30)53-19-35(38,39)40)49-34(13-14-34)22-5-7-23(36)8-6-22/h3-12,15H,13-14,17-19H2,1-2H3,(H,42,50)(H,43,51)(H,45,52)(H2,44,46,47,48,49). The van der Waals surface area contributed by atoms with Crippen LogP contribution in [0.2, 0.25) is 10.0 Å². The van der Waals surface area contributed by atoms with Crippen molar-refractivity contribution in [1.82, 2.24) is 25.6 Å². The highest BCUT2D eigenvalue weighted by Crippen LogP contribution is 2.48. The number of nitrogens with one attached hydrogen (secondary N) is 5. The topological polar surface area (TPSA) is 183 Å². The van der Waals surface area contributed by atoms with Crippen molar-refractivity contribution in [3.63, 3.8) is 0 Å². The van der Waals surface area contributed by atoms with E-state index in [0.717, 1.165) is 18.4 Å². The van der Waals surface area contributed by atoms with E-state index in [-0.39, 0.29) is 41.8 Å². The van der Waals surface area contributed by atoms with Crippen molar-refractivity contribution in [3.8, 4) is 12.1 Å². The van der Waals surface area contributed by atoms with Crippen LogP contribution in [0, 0.1) is 16.7 Å². The fraction of sp³-hybridized carbons (Fsp3) is 0.286. The molecule has 1 aliphatic carbocycles. The first-order valence-electron chi connectivity index (χ1n) is 16.0. The summed E-state index contributed by atoms with van der Waals surface area (Å²) in [6, 6.07) is 18.9. The minimum absolute atomic E-state index is 0.00255. The minimum atomic E-state index is -4.62. The van der Waals surface area contributed by atoms with Crippen molar-refractivity contribution in [3.05, 3.63) is 93.5 Å². The highest BCUT2D eigenvalue weighted by atomic mass is 35.5. The van der Waals surface area contributed by atoms with Gasteiger partial charge in [0, 0.05) is 34.4 Å².